The average molecular weight is 312 g/mol. The van der Waals surface area contributed by atoms with E-state index in [1.807, 2.05) is 0 Å². The van der Waals surface area contributed by atoms with Crippen LogP contribution in [0.1, 0.15) is 33.2 Å². The summed E-state index contributed by atoms with van der Waals surface area (Å²) in [5.74, 6) is -1.88. The number of imide groups is 1. The molecular formula is C12H10BrNO4. The van der Waals surface area contributed by atoms with Gasteiger partial charge in [-0.25, -0.2) is 4.79 Å². The summed E-state index contributed by atoms with van der Waals surface area (Å²) < 4.78 is 0. The second-order valence-corrected chi connectivity index (χ2v) is 4.56. The summed E-state index contributed by atoms with van der Waals surface area (Å²) in [5, 5.41) is 1.20. The summed E-state index contributed by atoms with van der Waals surface area (Å²) in [6.07, 6.45) is 0.621. The van der Waals surface area contributed by atoms with Crippen LogP contribution in [0.4, 0.5) is 0 Å². The number of nitrogens with zero attached hydrogens (tertiary/aromatic N) is 1. The zero-order valence-electron chi connectivity index (χ0n) is 9.60. The zero-order chi connectivity index (χ0) is 13.3. The number of rotatable bonds is 3. The number of carbonyl (C=O) groups is 3. The molecule has 5 nitrogen and oxygen atoms in total. The molecule has 0 bridgehead atoms. The van der Waals surface area contributed by atoms with Crippen molar-refractivity contribution >= 4 is 33.7 Å². The second kappa shape index (κ2) is 4.89. The Morgan fingerprint density at radius 2 is 2.06 bits per heavy atom. The maximum Gasteiger partial charge on any atom is 0.330 e. The van der Waals surface area contributed by atoms with E-state index in [0.29, 0.717) is 22.4 Å². The highest BCUT2D eigenvalue weighted by Gasteiger charge is 2.39. The zero-order valence-corrected chi connectivity index (χ0v) is 11.2. The van der Waals surface area contributed by atoms with Crippen molar-refractivity contribution in [3.05, 3.63) is 34.9 Å². The first kappa shape index (κ1) is 12.8. The summed E-state index contributed by atoms with van der Waals surface area (Å²) in [6, 6.07) is 5.04. The molecule has 1 aliphatic rings. The number of hydrogen-bond acceptors (Lipinski definition) is 4. The SMILES string of the molecule is CC(=O)ON1C(=O)c2cccc(CCBr)c2C1=O. The van der Waals surface area contributed by atoms with E-state index in [1.54, 1.807) is 18.2 Å². The highest BCUT2D eigenvalue weighted by atomic mass is 79.9. The Kier molecular flexibility index (Phi) is 3.47. The number of hydrogen-bond donors (Lipinski definition) is 0. The van der Waals surface area contributed by atoms with Crippen LogP contribution < -0.4 is 0 Å². The Bertz CT molecular complexity index is 541. The van der Waals surface area contributed by atoms with E-state index < -0.39 is 17.8 Å². The van der Waals surface area contributed by atoms with Gasteiger partial charge in [0, 0.05) is 12.3 Å². The lowest BCUT2D eigenvalue weighted by Crippen LogP contribution is -2.31. The minimum absolute atomic E-state index is 0.278. The van der Waals surface area contributed by atoms with Crippen molar-refractivity contribution in [2.45, 2.75) is 13.3 Å². The van der Waals surface area contributed by atoms with Crippen molar-refractivity contribution in [1.82, 2.24) is 5.06 Å². The van der Waals surface area contributed by atoms with Gasteiger partial charge in [0.2, 0.25) is 0 Å². The van der Waals surface area contributed by atoms with Crippen LogP contribution in [0.25, 0.3) is 0 Å². The molecule has 0 saturated carbocycles. The van der Waals surface area contributed by atoms with Crippen molar-refractivity contribution < 1.29 is 19.2 Å². The van der Waals surface area contributed by atoms with Gasteiger partial charge >= 0.3 is 5.97 Å². The van der Waals surface area contributed by atoms with Crippen molar-refractivity contribution in [1.29, 1.82) is 0 Å². The molecule has 0 N–H and O–H groups in total. The van der Waals surface area contributed by atoms with E-state index in [0.717, 1.165) is 12.5 Å². The highest BCUT2D eigenvalue weighted by Crippen LogP contribution is 2.26. The minimum atomic E-state index is -0.702. The molecular weight excluding hydrogens is 302 g/mol. The van der Waals surface area contributed by atoms with Gasteiger partial charge in [0.05, 0.1) is 11.1 Å². The fraction of sp³-hybridized carbons (Fsp3) is 0.250. The summed E-state index contributed by atoms with van der Waals surface area (Å²) in [6.45, 7) is 1.14. The molecule has 0 unspecified atom stereocenters. The maximum atomic E-state index is 12.1. The van der Waals surface area contributed by atoms with Gasteiger partial charge in [0.15, 0.2) is 0 Å². The largest absolute Gasteiger partial charge is 0.330 e. The van der Waals surface area contributed by atoms with E-state index in [-0.39, 0.29) is 5.56 Å². The first-order valence-electron chi connectivity index (χ1n) is 5.31. The average Bonchev–Trinajstić information content (AvgIpc) is 2.56. The van der Waals surface area contributed by atoms with E-state index in [1.165, 1.54) is 0 Å². The maximum absolute atomic E-state index is 12.1. The number of benzene rings is 1. The van der Waals surface area contributed by atoms with Crippen molar-refractivity contribution in [2.75, 3.05) is 5.33 Å². The number of fused-ring (bicyclic) bond motifs is 1. The third kappa shape index (κ3) is 2.03. The molecule has 0 saturated heterocycles. The fourth-order valence-electron chi connectivity index (χ4n) is 1.86. The van der Waals surface area contributed by atoms with E-state index in [9.17, 15) is 14.4 Å². The Labute approximate surface area is 112 Å². The third-order valence-electron chi connectivity index (χ3n) is 2.55. The van der Waals surface area contributed by atoms with Gasteiger partial charge in [0.25, 0.3) is 11.8 Å². The first-order valence-corrected chi connectivity index (χ1v) is 6.43. The molecule has 0 fully saturated rings. The Morgan fingerprint density at radius 1 is 1.33 bits per heavy atom. The Morgan fingerprint density at radius 3 is 2.67 bits per heavy atom. The quantitative estimate of drug-likeness (QED) is 0.629. The van der Waals surface area contributed by atoms with Gasteiger partial charge in [-0.05, 0) is 18.1 Å². The van der Waals surface area contributed by atoms with Crippen LogP contribution in [0.15, 0.2) is 18.2 Å². The van der Waals surface area contributed by atoms with Crippen molar-refractivity contribution in [3.63, 3.8) is 0 Å². The minimum Gasteiger partial charge on any atom is -0.330 e. The number of hydroxylamine groups is 2. The lowest BCUT2D eigenvalue weighted by Gasteiger charge is -2.10. The third-order valence-corrected chi connectivity index (χ3v) is 2.94. The number of aryl methyl sites for hydroxylation is 1. The summed E-state index contributed by atoms with van der Waals surface area (Å²) >= 11 is 3.29. The van der Waals surface area contributed by atoms with Crippen LogP contribution in [0.3, 0.4) is 0 Å². The van der Waals surface area contributed by atoms with Gasteiger partial charge in [-0.1, -0.05) is 33.1 Å². The van der Waals surface area contributed by atoms with Crippen molar-refractivity contribution in [3.8, 4) is 0 Å². The lowest BCUT2D eigenvalue weighted by atomic mass is 10.0. The normalized spacial score (nSPS) is 13.8. The molecule has 2 amide bonds. The van der Waals surface area contributed by atoms with Crippen LogP contribution in [-0.4, -0.2) is 28.2 Å². The smallest absolute Gasteiger partial charge is 0.330 e. The Hall–Kier alpha value is -1.69. The van der Waals surface area contributed by atoms with Crippen molar-refractivity contribution in [2.24, 2.45) is 0 Å². The summed E-state index contributed by atoms with van der Waals surface area (Å²) in [5.41, 5.74) is 1.36. The predicted molar refractivity (Wildman–Crippen MR) is 66.2 cm³/mol. The standard InChI is InChI=1S/C12H10BrNO4/c1-7(15)18-14-11(16)9-4-2-3-8(5-6-13)10(9)12(14)17/h2-4H,5-6H2,1H3. The number of carbonyl (C=O) groups excluding carboxylic acids is 3. The van der Waals surface area contributed by atoms with Crippen LogP contribution in [0.2, 0.25) is 0 Å². The molecule has 1 heterocycles. The van der Waals surface area contributed by atoms with E-state index in [4.69, 9.17) is 0 Å². The molecule has 1 aromatic carbocycles. The molecule has 0 aromatic heterocycles. The van der Waals surface area contributed by atoms with Crippen LogP contribution in [0.5, 0.6) is 0 Å². The van der Waals surface area contributed by atoms with Gasteiger partial charge in [-0.3, -0.25) is 9.59 Å². The van der Waals surface area contributed by atoms with E-state index in [2.05, 4.69) is 20.8 Å². The number of halogens is 1. The van der Waals surface area contributed by atoms with E-state index >= 15 is 0 Å². The van der Waals surface area contributed by atoms with Crippen LogP contribution >= 0.6 is 15.9 Å². The van der Waals surface area contributed by atoms with Crippen LogP contribution in [-0.2, 0) is 16.1 Å². The number of alkyl halides is 1. The monoisotopic (exact) mass is 311 g/mol. The molecule has 1 aromatic rings. The molecule has 2 rings (SSSR count). The molecule has 0 aliphatic carbocycles. The molecule has 94 valence electrons. The molecule has 1 aliphatic heterocycles. The van der Waals surface area contributed by atoms with Crippen LogP contribution in [0, 0.1) is 0 Å². The summed E-state index contributed by atoms with van der Waals surface area (Å²) in [4.78, 5) is 39.5. The second-order valence-electron chi connectivity index (χ2n) is 3.77. The van der Waals surface area contributed by atoms with Gasteiger partial charge in [0.1, 0.15) is 0 Å². The van der Waals surface area contributed by atoms with Gasteiger partial charge < -0.3 is 4.84 Å². The fourth-order valence-corrected chi connectivity index (χ4v) is 2.28. The predicted octanol–water partition coefficient (Wildman–Crippen LogP) is 1.70. The highest BCUT2D eigenvalue weighted by molar-refractivity contribution is 9.09. The molecule has 18 heavy (non-hydrogen) atoms. The molecule has 0 atom stereocenters. The number of amides is 2. The molecule has 0 spiro atoms. The molecule has 6 heteroatoms. The molecule has 0 radical (unpaired) electrons. The van der Waals surface area contributed by atoms with Gasteiger partial charge in [-0.2, -0.15) is 0 Å². The topological polar surface area (TPSA) is 63.7 Å². The Balaban J connectivity index is 2.45. The lowest BCUT2D eigenvalue weighted by molar-refractivity contribution is -0.165. The first-order chi connectivity index (χ1) is 8.56. The van der Waals surface area contributed by atoms with Gasteiger partial charge in [-0.15, -0.1) is 0 Å². The summed E-state index contributed by atoms with van der Waals surface area (Å²) in [7, 11) is 0.